The molecule has 0 saturated carbocycles. The SMILES string of the molecule is CC(C)(C)OC(=O)CCCCCCCOc1cc(/C=C/c2ccc(N(c3ccccc3)c3ccccc3)cc2)ccc1C=O. The van der Waals surface area contributed by atoms with Crippen LogP contribution in [0.25, 0.3) is 12.2 Å². The van der Waals surface area contributed by atoms with Crippen LogP contribution in [0, 0.1) is 0 Å². The van der Waals surface area contributed by atoms with Crippen molar-refractivity contribution in [1.82, 2.24) is 0 Å². The minimum Gasteiger partial charge on any atom is -0.493 e. The molecule has 5 nitrogen and oxygen atoms in total. The fourth-order valence-electron chi connectivity index (χ4n) is 4.88. The number of hydrogen-bond acceptors (Lipinski definition) is 5. The summed E-state index contributed by atoms with van der Waals surface area (Å²) in [6, 6.07) is 34.8. The van der Waals surface area contributed by atoms with Gasteiger partial charge in [-0.05, 0) is 93.3 Å². The number of hydrogen-bond donors (Lipinski definition) is 0. The molecule has 0 radical (unpaired) electrons. The van der Waals surface area contributed by atoms with E-state index in [1.54, 1.807) is 6.07 Å². The number of ether oxygens (including phenoxy) is 2. The van der Waals surface area contributed by atoms with Crippen molar-refractivity contribution in [3.63, 3.8) is 0 Å². The summed E-state index contributed by atoms with van der Waals surface area (Å²) < 4.78 is 11.4. The molecule has 0 aliphatic heterocycles. The van der Waals surface area contributed by atoms with Crippen molar-refractivity contribution >= 4 is 41.5 Å². The molecule has 4 aromatic rings. The van der Waals surface area contributed by atoms with Gasteiger partial charge in [0.2, 0.25) is 0 Å². The van der Waals surface area contributed by atoms with Gasteiger partial charge in [-0.1, -0.05) is 86.0 Å². The van der Waals surface area contributed by atoms with Crippen LogP contribution in [0.2, 0.25) is 0 Å². The number of para-hydroxylation sites is 2. The lowest BCUT2D eigenvalue weighted by Crippen LogP contribution is -2.23. The summed E-state index contributed by atoms with van der Waals surface area (Å²) in [5.74, 6) is 0.467. The highest BCUT2D eigenvalue weighted by molar-refractivity contribution is 5.82. The fraction of sp³-hybridized carbons (Fsp3) is 0.282. The maximum Gasteiger partial charge on any atom is 0.306 e. The molecule has 0 aromatic heterocycles. The molecule has 0 bridgehead atoms. The van der Waals surface area contributed by atoms with E-state index in [1.807, 2.05) is 75.4 Å². The molecule has 5 heteroatoms. The second-order valence-electron chi connectivity index (χ2n) is 11.8. The summed E-state index contributed by atoms with van der Waals surface area (Å²) in [5, 5.41) is 0. The minimum absolute atomic E-state index is 0.133. The van der Waals surface area contributed by atoms with Crippen LogP contribution in [0.5, 0.6) is 5.75 Å². The first-order chi connectivity index (χ1) is 21.3. The Labute approximate surface area is 262 Å². The maximum atomic E-state index is 11.8. The molecule has 0 fully saturated rings. The molecule has 0 heterocycles. The molecule has 228 valence electrons. The van der Waals surface area contributed by atoms with Crippen molar-refractivity contribution in [2.75, 3.05) is 11.5 Å². The van der Waals surface area contributed by atoms with Crippen LogP contribution in [-0.4, -0.2) is 24.5 Å². The molecule has 44 heavy (non-hydrogen) atoms. The van der Waals surface area contributed by atoms with Gasteiger partial charge in [0.15, 0.2) is 6.29 Å². The fourth-order valence-corrected chi connectivity index (χ4v) is 4.88. The highest BCUT2D eigenvalue weighted by atomic mass is 16.6. The highest BCUT2D eigenvalue weighted by Crippen LogP contribution is 2.34. The summed E-state index contributed by atoms with van der Waals surface area (Å²) in [7, 11) is 0. The Hall–Kier alpha value is -4.64. The molecular weight excluding hydrogens is 546 g/mol. The van der Waals surface area contributed by atoms with Crippen molar-refractivity contribution < 1.29 is 19.1 Å². The predicted molar refractivity (Wildman–Crippen MR) is 181 cm³/mol. The van der Waals surface area contributed by atoms with E-state index in [0.717, 1.165) is 66.6 Å². The Morgan fingerprint density at radius 3 is 1.84 bits per heavy atom. The van der Waals surface area contributed by atoms with Crippen LogP contribution in [0.3, 0.4) is 0 Å². The van der Waals surface area contributed by atoms with E-state index >= 15 is 0 Å². The molecule has 0 aliphatic carbocycles. The highest BCUT2D eigenvalue weighted by Gasteiger charge is 2.15. The lowest BCUT2D eigenvalue weighted by atomic mass is 10.1. The predicted octanol–water partition coefficient (Wildman–Crippen LogP) is 10.2. The molecule has 0 amide bonds. The van der Waals surface area contributed by atoms with Crippen LogP contribution in [-0.2, 0) is 9.53 Å². The van der Waals surface area contributed by atoms with Gasteiger partial charge in [-0.25, -0.2) is 0 Å². The first kappa shape index (κ1) is 32.3. The maximum absolute atomic E-state index is 11.8. The van der Waals surface area contributed by atoms with Gasteiger partial charge in [0.1, 0.15) is 11.4 Å². The van der Waals surface area contributed by atoms with Gasteiger partial charge in [0.25, 0.3) is 0 Å². The van der Waals surface area contributed by atoms with Crippen LogP contribution in [0.15, 0.2) is 103 Å². The molecule has 4 rings (SSSR count). The van der Waals surface area contributed by atoms with Crippen molar-refractivity contribution in [3.05, 3.63) is 120 Å². The number of carbonyl (C=O) groups excluding carboxylic acids is 2. The Morgan fingerprint density at radius 1 is 0.682 bits per heavy atom. The van der Waals surface area contributed by atoms with Gasteiger partial charge in [0, 0.05) is 23.5 Å². The minimum atomic E-state index is -0.429. The number of rotatable bonds is 15. The third-order valence-electron chi connectivity index (χ3n) is 7.02. The zero-order valence-corrected chi connectivity index (χ0v) is 26.1. The van der Waals surface area contributed by atoms with E-state index in [-0.39, 0.29) is 5.97 Å². The third-order valence-corrected chi connectivity index (χ3v) is 7.02. The molecule has 0 spiro atoms. The number of unbranched alkanes of at least 4 members (excludes halogenated alkanes) is 4. The number of anilines is 3. The summed E-state index contributed by atoms with van der Waals surface area (Å²) in [5.41, 5.74) is 5.43. The molecule has 0 unspecified atom stereocenters. The van der Waals surface area contributed by atoms with Crippen molar-refractivity contribution in [2.45, 2.75) is 64.9 Å². The summed E-state index contributed by atoms with van der Waals surface area (Å²) in [6.45, 7) is 6.20. The Kier molecular flexibility index (Phi) is 11.9. The van der Waals surface area contributed by atoms with Gasteiger partial charge in [-0.3, -0.25) is 9.59 Å². The number of esters is 1. The monoisotopic (exact) mass is 589 g/mol. The van der Waals surface area contributed by atoms with E-state index in [9.17, 15) is 9.59 Å². The average Bonchev–Trinajstić information content (AvgIpc) is 3.02. The molecule has 0 aliphatic rings. The Balaban J connectivity index is 1.30. The van der Waals surface area contributed by atoms with Crippen LogP contribution < -0.4 is 9.64 Å². The zero-order chi connectivity index (χ0) is 31.2. The van der Waals surface area contributed by atoms with Crippen LogP contribution in [0.4, 0.5) is 17.1 Å². The van der Waals surface area contributed by atoms with Crippen molar-refractivity contribution in [3.8, 4) is 5.75 Å². The second-order valence-corrected chi connectivity index (χ2v) is 11.8. The quantitative estimate of drug-likeness (QED) is 0.0598. The van der Waals surface area contributed by atoms with Crippen LogP contribution in [0.1, 0.15) is 80.8 Å². The molecule has 4 aromatic carbocycles. The van der Waals surface area contributed by atoms with Gasteiger partial charge in [0.05, 0.1) is 12.2 Å². The van der Waals surface area contributed by atoms with Gasteiger partial charge in [-0.2, -0.15) is 0 Å². The van der Waals surface area contributed by atoms with Crippen molar-refractivity contribution in [1.29, 1.82) is 0 Å². The third kappa shape index (κ3) is 10.3. The Morgan fingerprint density at radius 2 is 1.23 bits per heavy atom. The van der Waals surface area contributed by atoms with Gasteiger partial charge in [-0.15, -0.1) is 0 Å². The lowest BCUT2D eigenvalue weighted by Gasteiger charge is -2.25. The first-order valence-electron chi connectivity index (χ1n) is 15.4. The van der Waals surface area contributed by atoms with Crippen molar-refractivity contribution in [2.24, 2.45) is 0 Å². The van der Waals surface area contributed by atoms with E-state index < -0.39 is 5.60 Å². The number of benzene rings is 4. The smallest absolute Gasteiger partial charge is 0.306 e. The van der Waals surface area contributed by atoms with E-state index in [1.165, 1.54) is 0 Å². The largest absolute Gasteiger partial charge is 0.493 e. The molecule has 0 atom stereocenters. The van der Waals surface area contributed by atoms with E-state index in [4.69, 9.17) is 9.47 Å². The lowest BCUT2D eigenvalue weighted by molar-refractivity contribution is -0.154. The van der Waals surface area contributed by atoms with Crippen LogP contribution >= 0.6 is 0 Å². The number of carbonyl (C=O) groups is 2. The topological polar surface area (TPSA) is 55.8 Å². The molecule has 0 N–H and O–H groups in total. The number of aldehydes is 1. The average molecular weight is 590 g/mol. The van der Waals surface area contributed by atoms with E-state index in [0.29, 0.717) is 24.3 Å². The summed E-state index contributed by atoms with van der Waals surface area (Å²) in [6.07, 6.45) is 10.1. The number of nitrogens with zero attached hydrogens (tertiary/aromatic N) is 1. The second kappa shape index (κ2) is 16.3. The van der Waals surface area contributed by atoms with E-state index in [2.05, 4.69) is 59.5 Å². The zero-order valence-electron chi connectivity index (χ0n) is 26.1. The normalized spacial score (nSPS) is 11.3. The molecular formula is C39H43NO4. The summed E-state index contributed by atoms with van der Waals surface area (Å²) >= 11 is 0. The Bertz CT molecular complexity index is 1450. The molecule has 0 saturated heterocycles. The van der Waals surface area contributed by atoms with Gasteiger partial charge >= 0.3 is 5.97 Å². The standard InChI is InChI=1S/C39H43NO4/c1-39(2,3)44-38(42)19-13-5-4-6-14-28-43-37-29-32(22-25-33(37)30-41)21-20-31-23-26-36(27-24-31)40(34-15-9-7-10-16-34)35-17-11-8-12-18-35/h7-12,15-18,20-27,29-30H,4-6,13-14,19,28H2,1-3H3/b21-20+. The summed E-state index contributed by atoms with van der Waals surface area (Å²) in [4.78, 5) is 25.7. The van der Waals surface area contributed by atoms with Gasteiger partial charge < -0.3 is 14.4 Å². The first-order valence-corrected chi connectivity index (χ1v) is 15.4.